The molecular weight excluding hydrogens is 342 g/mol. The Labute approximate surface area is 150 Å². The molecule has 0 spiro atoms. The molecule has 0 aromatic heterocycles. The first-order chi connectivity index (χ1) is 12.0. The molecule has 0 amide bonds. The number of aryl methyl sites for hydroxylation is 1. The van der Waals surface area contributed by atoms with Crippen molar-refractivity contribution in [2.45, 2.75) is 25.2 Å². The molecule has 0 radical (unpaired) electrons. The smallest absolute Gasteiger partial charge is 0.335 e. The number of nitrogens with one attached hydrogen (secondary N) is 1. The van der Waals surface area contributed by atoms with Crippen LogP contribution in [0.5, 0.6) is 0 Å². The second kappa shape index (κ2) is 6.33. The Morgan fingerprint density at radius 1 is 1.16 bits per heavy atom. The molecule has 4 rings (SSSR count). The lowest BCUT2D eigenvalue weighted by Crippen LogP contribution is -2.43. The quantitative estimate of drug-likeness (QED) is 0.849. The van der Waals surface area contributed by atoms with Crippen molar-refractivity contribution in [2.24, 2.45) is 0 Å². The van der Waals surface area contributed by atoms with Gasteiger partial charge < -0.3 is 19.9 Å². The zero-order valence-electron chi connectivity index (χ0n) is 13.7. The summed E-state index contributed by atoms with van der Waals surface area (Å²) in [6.07, 6.45) is -0.402. The van der Waals surface area contributed by atoms with Crippen molar-refractivity contribution < 1.29 is 19.4 Å². The summed E-state index contributed by atoms with van der Waals surface area (Å²) >= 11 is 6.15. The van der Waals surface area contributed by atoms with Crippen molar-refractivity contribution in [3.63, 3.8) is 0 Å². The number of carboxylic acid groups (broad SMARTS) is 1. The van der Waals surface area contributed by atoms with Crippen LogP contribution in [0, 0.1) is 6.92 Å². The number of halogens is 1. The fourth-order valence-corrected chi connectivity index (χ4v) is 3.82. The van der Waals surface area contributed by atoms with Crippen LogP contribution in [0.25, 0.3) is 0 Å². The molecule has 130 valence electrons. The average Bonchev–Trinajstić information content (AvgIpc) is 2.61. The van der Waals surface area contributed by atoms with E-state index < -0.39 is 5.97 Å². The van der Waals surface area contributed by atoms with Crippen LogP contribution in [0.15, 0.2) is 36.4 Å². The number of anilines is 1. The Kier molecular flexibility index (Phi) is 4.15. The molecule has 2 aromatic rings. The second-order valence-corrected chi connectivity index (χ2v) is 6.79. The maximum Gasteiger partial charge on any atom is 0.335 e. The van der Waals surface area contributed by atoms with Gasteiger partial charge in [0.1, 0.15) is 12.2 Å². The number of carboxylic acids is 1. The summed E-state index contributed by atoms with van der Waals surface area (Å²) in [5, 5.41) is 13.4. The van der Waals surface area contributed by atoms with E-state index in [2.05, 4.69) is 5.32 Å². The van der Waals surface area contributed by atoms with Gasteiger partial charge in [-0.2, -0.15) is 0 Å². The van der Waals surface area contributed by atoms with Crippen molar-refractivity contribution in [2.75, 3.05) is 18.5 Å². The fraction of sp³-hybridized carbons (Fsp3) is 0.316. The van der Waals surface area contributed by atoms with E-state index in [-0.39, 0.29) is 23.8 Å². The largest absolute Gasteiger partial charge is 0.478 e. The van der Waals surface area contributed by atoms with Crippen LogP contribution in [0.3, 0.4) is 0 Å². The maximum absolute atomic E-state index is 11.2. The summed E-state index contributed by atoms with van der Waals surface area (Å²) in [6, 6.07) is 10.7. The third-order valence-corrected chi connectivity index (χ3v) is 5.04. The lowest BCUT2D eigenvalue weighted by molar-refractivity contribution is -0.151. The Morgan fingerprint density at radius 2 is 1.96 bits per heavy atom. The molecule has 5 nitrogen and oxygen atoms in total. The van der Waals surface area contributed by atoms with Crippen molar-refractivity contribution in [3.8, 4) is 0 Å². The van der Waals surface area contributed by atoms with E-state index in [4.69, 9.17) is 21.1 Å². The predicted octanol–water partition coefficient (Wildman–Crippen LogP) is 3.97. The minimum Gasteiger partial charge on any atom is -0.478 e. The van der Waals surface area contributed by atoms with Gasteiger partial charge in [-0.25, -0.2) is 4.79 Å². The van der Waals surface area contributed by atoms with Crippen molar-refractivity contribution in [1.29, 1.82) is 0 Å². The van der Waals surface area contributed by atoms with Gasteiger partial charge in [0.2, 0.25) is 0 Å². The van der Waals surface area contributed by atoms with Crippen LogP contribution in [-0.4, -0.2) is 30.4 Å². The molecule has 6 heteroatoms. The first kappa shape index (κ1) is 16.4. The third-order valence-electron chi connectivity index (χ3n) is 4.80. The van der Waals surface area contributed by atoms with E-state index in [1.807, 2.05) is 31.2 Å². The van der Waals surface area contributed by atoms with Crippen LogP contribution in [-0.2, 0) is 9.47 Å². The third kappa shape index (κ3) is 2.88. The zero-order valence-corrected chi connectivity index (χ0v) is 14.4. The molecule has 2 heterocycles. The summed E-state index contributed by atoms with van der Waals surface area (Å²) in [4.78, 5) is 11.2. The molecular formula is C19H18ClNO4. The highest BCUT2D eigenvalue weighted by Crippen LogP contribution is 2.45. The van der Waals surface area contributed by atoms with Gasteiger partial charge in [-0.05, 0) is 48.4 Å². The number of benzene rings is 2. The molecule has 2 N–H and O–H groups in total. The van der Waals surface area contributed by atoms with E-state index >= 15 is 0 Å². The van der Waals surface area contributed by atoms with Crippen molar-refractivity contribution in [1.82, 2.24) is 0 Å². The maximum atomic E-state index is 11.2. The van der Waals surface area contributed by atoms with Crippen LogP contribution in [0.4, 0.5) is 5.69 Å². The van der Waals surface area contributed by atoms with Gasteiger partial charge in [0.15, 0.2) is 0 Å². The number of hydrogen-bond acceptors (Lipinski definition) is 4. The summed E-state index contributed by atoms with van der Waals surface area (Å²) in [6.45, 7) is 2.98. The molecule has 25 heavy (non-hydrogen) atoms. The van der Waals surface area contributed by atoms with E-state index in [0.717, 1.165) is 22.4 Å². The molecule has 1 saturated heterocycles. The Bertz CT molecular complexity index is 838. The van der Waals surface area contributed by atoms with Gasteiger partial charge in [0, 0.05) is 16.3 Å². The summed E-state index contributed by atoms with van der Waals surface area (Å²) in [7, 11) is 0. The number of aromatic carboxylic acids is 1. The van der Waals surface area contributed by atoms with Gasteiger partial charge >= 0.3 is 5.97 Å². The highest BCUT2D eigenvalue weighted by atomic mass is 35.5. The van der Waals surface area contributed by atoms with E-state index in [1.165, 1.54) is 0 Å². The van der Waals surface area contributed by atoms with Crippen molar-refractivity contribution in [3.05, 3.63) is 63.7 Å². The first-order valence-electron chi connectivity index (χ1n) is 8.17. The zero-order chi connectivity index (χ0) is 17.6. The second-order valence-electron chi connectivity index (χ2n) is 6.36. The Balaban J connectivity index is 1.77. The van der Waals surface area contributed by atoms with E-state index in [0.29, 0.717) is 18.2 Å². The summed E-state index contributed by atoms with van der Waals surface area (Å²) < 4.78 is 12.0. The van der Waals surface area contributed by atoms with Gasteiger partial charge in [0.05, 0.1) is 24.8 Å². The number of carbonyl (C=O) groups is 1. The minimum atomic E-state index is -0.929. The van der Waals surface area contributed by atoms with Crippen LogP contribution in [0.1, 0.15) is 39.2 Å². The molecule has 3 atom stereocenters. The normalized spacial score (nSPS) is 24.8. The van der Waals surface area contributed by atoms with Crippen LogP contribution in [0.2, 0.25) is 5.02 Å². The minimum absolute atomic E-state index is 0.123. The van der Waals surface area contributed by atoms with Crippen LogP contribution >= 0.6 is 11.6 Å². The lowest BCUT2D eigenvalue weighted by Gasteiger charge is -2.43. The number of rotatable bonds is 2. The molecule has 2 aliphatic heterocycles. The fourth-order valence-electron chi connectivity index (χ4n) is 3.64. The molecule has 2 aromatic carbocycles. The summed E-state index contributed by atoms with van der Waals surface area (Å²) in [5.41, 5.74) is 4.14. The predicted molar refractivity (Wildman–Crippen MR) is 94.4 cm³/mol. The Hall–Kier alpha value is -2.08. The summed E-state index contributed by atoms with van der Waals surface area (Å²) in [5.74, 6) is -0.929. The SMILES string of the molecule is Cc1cc(C(=O)O)ccc1[C@@H]1Nc2ccc(Cl)cc2[C@@H]2OCCO[C@H]12. The highest BCUT2D eigenvalue weighted by molar-refractivity contribution is 6.30. The van der Waals surface area contributed by atoms with Gasteiger partial charge in [-0.3, -0.25) is 0 Å². The first-order valence-corrected chi connectivity index (χ1v) is 8.55. The van der Waals surface area contributed by atoms with Gasteiger partial charge in [-0.1, -0.05) is 17.7 Å². The van der Waals surface area contributed by atoms with Crippen molar-refractivity contribution >= 4 is 23.3 Å². The van der Waals surface area contributed by atoms with Crippen LogP contribution < -0.4 is 5.32 Å². The average molecular weight is 360 g/mol. The molecule has 0 bridgehead atoms. The number of fused-ring (bicyclic) bond motifs is 3. The van der Waals surface area contributed by atoms with Gasteiger partial charge in [0.25, 0.3) is 0 Å². The topological polar surface area (TPSA) is 67.8 Å². The highest BCUT2D eigenvalue weighted by Gasteiger charge is 2.41. The molecule has 2 aliphatic rings. The Morgan fingerprint density at radius 3 is 2.72 bits per heavy atom. The molecule has 0 unspecified atom stereocenters. The van der Waals surface area contributed by atoms with Gasteiger partial charge in [-0.15, -0.1) is 0 Å². The molecule has 0 aliphatic carbocycles. The monoisotopic (exact) mass is 359 g/mol. The van der Waals surface area contributed by atoms with E-state index in [1.54, 1.807) is 12.1 Å². The molecule has 1 fully saturated rings. The molecule has 0 saturated carbocycles. The van der Waals surface area contributed by atoms with E-state index in [9.17, 15) is 9.90 Å². The lowest BCUT2D eigenvalue weighted by atomic mass is 9.85. The number of hydrogen-bond donors (Lipinski definition) is 2. The standard InChI is InChI=1S/C19H18ClNO4/c1-10-8-11(19(22)23)2-4-13(10)16-18-17(24-6-7-25-18)14-9-12(20)3-5-15(14)21-16/h2-5,8-9,16-18,21H,6-7H2,1H3,(H,22,23)/t16-,17-,18+/m0/s1. The number of ether oxygens (including phenoxy) is 2.